The van der Waals surface area contributed by atoms with E-state index in [1.807, 2.05) is 31.4 Å². The van der Waals surface area contributed by atoms with E-state index in [2.05, 4.69) is 9.97 Å². The van der Waals surface area contributed by atoms with E-state index in [0.29, 0.717) is 31.1 Å². The number of thiophene rings is 1. The van der Waals surface area contributed by atoms with Crippen molar-refractivity contribution in [2.24, 2.45) is 0 Å². The third kappa shape index (κ3) is 4.31. The summed E-state index contributed by atoms with van der Waals surface area (Å²) >= 11 is 2.97. The van der Waals surface area contributed by atoms with E-state index in [1.54, 1.807) is 23.4 Å². The molecule has 0 aliphatic carbocycles. The molecule has 30 heavy (non-hydrogen) atoms. The molecule has 1 fully saturated rings. The Morgan fingerprint density at radius 2 is 1.97 bits per heavy atom. The summed E-state index contributed by atoms with van der Waals surface area (Å²) in [5, 5.41) is 2.73. The number of carbonyl (C=O) groups is 1. The molecule has 0 radical (unpaired) electrons. The first kappa shape index (κ1) is 21.1. The molecule has 1 amide bonds. The fraction of sp³-hybridized carbons (Fsp3) is 0.350. The second kappa shape index (κ2) is 8.54. The van der Waals surface area contributed by atoms with Crippen molar-refractivity contribution < 1.29 is 13.2 Å². The Labute approximate surface area is 184 Å². The zero-order valence-corrected chi connectivity index (χ0v) is 19.2. The number of piperazine rings is 1. The molecule has 4 heterocycles. The Kier molecular flexibility index (Phi) is 6.01. The summed E-state index contributed by atoms with van der Waals surface area (Å²) in [7, 11) is -3.52. The van der Waals surface area contributed by atoms with Crippen LogP contribution in [0.5, 0.6) is 0 Å². The quantitative estimate of drug-likeness (QED) is 0.582. The van der Waals surface area contributed by atoms with Crippen molar-refractivity contribution in [2.45, 2.75) is 25.2 Å². The highest BCUT2D eigenvalue weighted by atomic mass is 32.2. The van der Waals surface area contributed by atoms with Crippen LogP contribution in [0.2, 0.25) is 0 Å². The van der Waals surface area contributed by atoms with Crippen molar-refractivity contribution in [1.29, 1.82) is 0 Å². The molecule has 0 atom stereocenters. The number of hydrogen-bond donors (Lipinski definition) is 0. The van der Waals surface area contributed by atoms with E-state index in [9.17, 15) is 13.2 Å². The van der Waals surface area contributed by atoms with Crippen molar-refractivity contribution >= 4 is 38.6 Å². The van der Waals surface area contributed by atoms with Gasteiger partial charge in [-0.3, -0.25) is 9.78 Å². The van der Waals surface area contributed by atoms with Crippen molar-refractivity contribution in [2.75, 3.05) is 26.2 Å². The van der Waals surface area contributed by atoms with Crippen molar-refractivity contribution in [3.05, 3.63) is 51.4 Å². The normalized spacial score (nSPS) is 15.5. The maximum atomic E-state index is 12.9. The average Bonchev–Trinajstić information content (AvgIpc) is 3.35. The molecule has 0 spiro atoms. The van der Waals surface area contributed by atoms with Gasteiger partial charge in [0.25, 0.3) is 0 Å². The van der Waals surface area contributed by atoms with Gasteiger partial charge in [-0.2, -0.15) is 4.31 Å². The molecule has 0 unspecified atom stereocenters. The zero-order chi connectivity index (χ0) is 21.3. The predicted molar refractivity (Wildman–Crippen MR) is 118 cm³/mol. The Hall–Kier alpha value is -2.14. The number of hydrogen-bond acceptors (Lipinski definition) is 7. The number of aromatic nitrogens is 2. The van der Waals surface area contributed by atoms with Crippen LogP contribution < -0.4 is 0 Å². The Morgan fingerprint density at radius 3 is 2.60 bits per heavy atom. The summed E-state index contributed by atoms with van der Waals surface area (Å²) in [6.07, 6.45) is 3.68. The van der Waals surface area contributed by atoms with E-state index in [0.717, 1.165) is 26.0 Å². The molecule has 3 aromatic rings. The fourth-order valence-electron chi connectivity index (χ4n) is 3.46. The minimum Gasteiger partial charge on any atom is -0.340 e. The second-order valence-electron chi connectivity index (χ2n) is 7.12. The Balaban J connectivity index is 1.37. The molecule has 3 aromatic heterocycles. The molecule has 1 aliphatic heterocycles. The highest BCUT2D eigenvalue weighted by Gasteiger charge is 2.32. The van der Waals surface area contributed by atoms with Crippen LogP contribution in [-0.4, -0.2) is 59.7 Å². The van der Waals surface area contributed by atoms with Crippen LogP contribution in [0.15, 0.2) is 40.9 Å². The summed E-state index contributed by atoms with van der Waals surface area (Å²) in [5.41, 5.74) is 1.65. The minimum absolute atomic E-state index is 0.0300. The van der Waals surface area contributed by atoms with Crippen LogP contribution in [0.25, 0.3) is 10.6 Å². The minimum atomic E-state index is -3.52. The van der Waals surface area contributed by atoms with Gasteiger partial charge in [0.1, 0.15) is 5.01 Å². The molecule has 158 valence electrons. The molecule has 10 heteroatoms. The van der Waals surface area contributed by atoms with Crippen molar-refractivity contribution in [1.82, 2.24) is 19.2 Å². The van der Waals surface area contributed by atoms with Gasteiger partial charge in [0.2, 0.25) is 15.9 Å². The summed E-state index contributed by atoms with van der Waals surface area (Å²) in [6.45, 7) is 5.13. The molecular weight excluding hydrogens is 440 g/mol. The molecule has 0 bridgehead atoms. The fourth-order valence-corrected chi connectivity index (χ4v) is 7.21. The number of carbonyl (C=O) groups excluding carboxylic acids is 1. The highest BCUT2D eigenvalue weighted by molar-refractivity contribution is 7.89. The predicted octanol–water partition coefficient (Wildman–Crippen LogP) is 2.96. The lowest BCUT2D eigenvalue weighted by Crippen LogP contribution is -2.50. The molecule has 1 saturated heterocycles. The van der Waals surface area contributed by atoms with Gasteiger partial charge in [0.15, 0.2) is 0 Å². The first-order chi connectivity index (χ1) is 14.3. The average molecular weight is 463 g/mol. The maximum absolute atomic E-state index is 12.9. The Morgan fingerprint density at radius 1 is 1.20 bits per heavy atom. The second-order valence-corrected chi connectivity index (χ2v) is 11.3. The summed E-state index contributed by atoms with van der Waals surface area (Å²) in [4.78, 5) is 25.2. The van der Waals surface area contributed by atoms with Gasteiger partial charge in [-0.25, -0.2) is 13.4 Å². The number of aryl methyl sites for hydroxylation is 2. The van der Waals surface area contributed by atoms with Crippen molar-refractivity contribution in [3.8, 4) is 10.6 Å². The number of thiazole rings is 1. The van der Waals surface area contributed by atoms with Crippen LogP contribution in [0.1, 0.15) is 15.4 Å². The molecule has 0 N–H and O–H groups in total. The number of sulfonamides is 1. The molecule has 0 saturated carbocycles. The van der Waals surface area contributed by atoms with E-state index in [-0.39, 0.29) is 12.3 Å². The summed E-state index contributed by atoms with van der Waals surface area (Å²) in [6, 6.07) is 5.52. The highest BCUT2D eigenvalue weighted by Crippen LogP contribution is 2.28. The molecule has 7 nitrogen and oxygen atoms in total. The first-order valence-electron chi connectivity index (χ1n) is 9.54. The number of rotatable bonds is 5. The van der Waals surface area contributed by atoms with Gasteiger partial charge in [-0.1, -0.05) is 0 Å². The smallest absolute Gasteiger partial charge is 0.244 e. The zero-order valence-electron chi connectivity index (χ0n) is 16.7. The third-order valence-corrected chi connectivity index (χ3v) is 9.06. The lowest BCUT2D eigenvalue weighted by atomic mass is 10.2. The number of amides is 1. The first-order valence-corrected chi connectivity index (χ1v) is 12.7. The van der Waals surface area contributed by atoms with E-state index < -0.39 is 10.0 Å². The SMILES string of the molecule is Cc1cc(S(=O)(=O)N2CCN(C(=O)Cc3csc(-c4cccnc4)n3)CC2)c(C)s1. The van der Waals surface area contributed by atoms with E-state index in [1.165, 1.54) is 27.0 Å². The van der Waals surface area contributed by atoms with Crippen LogP contribution in [0.4, 0.5) is 0 Å². The molecular formula is C20H22N4O3S3. The van der Waals surface area contributed by atoms with Gasteiger partial charge in [-0.15, -0.1) is 22.7 Å². The van der Waals surface area contributed by atoms with Gasteiger partial charge < -0.3 is 4.90 Å². The van der Waals surface area contributed by atoms with E-state index >= 15 is 0 Å². The monoisotopic (exact) mass is 462 g/mol. The topological polar surface area (TPSA) is 83.5 Å². The van der Waals surface area contributed by atoms with Crippen LogP contribution >= 0.6 is 22.7 Å². The summed E-state index contributed by atoms with van der Waals surface area (Å²) < 4.78 is 27.4. The van der Waals surface area contributed by atoms with Gasteiger partial charge in [0.05, 0.1) is 17.0 Å². The number of pyridine rings is 1. The largest absolute Gasteiger partial charge is 0.340 e. The van der Waals surface area contributed by atoms with Gasteiger partial charge >= 0.3 is 0 Å². The van der Waals surface area contributed by atoms with Crippen LogP contribution in [0, 0.1) is 13.8 Å². The molecule has 4 rings (SSSR count). The maximum Gasteiger partial charge on any atom is 0.244 e. The van der Waals surface area contributed by atoms with E-state index in [4.69, 9.17) is 0 Å². The lowest BCUT2D eigenvalue weighted by Gasteiger charge is -2.34. The standard InChI is InChI=1S/C20H22N4O3S3/c1-14-10-18(15(2)29-14)30(26,27)24-8-6-23(7-9-24)19(25)11-17-13-28-20(22-17)16-4-3-5-21-12-16/h3-5,10,12-13H,6-9,11H2,1-2H3. The van der Waals surface area contributed by atoms with Gasteiger partial charge in [0, 0.05) is 59.3 Å². The van der Waals surface area contributed by atoms with Crippen LogP contribution in [0.3, 0.4) is 0 Å². The molecule has 1 aliphatic rings. The third-order valence-electron chi connectivity index (χ3n) is 5.00. The van der Waals surface area contributed by atoms with Crippen LogP contribution in [-0.2, 0) is 21.2 Å². The summed E-state index contributed by atoms with van der Waals surface area (Å²) in [5.74, 6) is -0.0300. The van der Waals surface area contributed by atoms with Gasteiger partial charge in [-0.05, 0) is 32.0 Å². The molecule has 0 aromatic carbocycles. The lowest BCUT2D eigenvalue weighted by molar-refractivity contribution is -0.131. The number of nitrogens with zero attached hydrogens (tertiary/aromatic N) is 4. The Bertz CT molecular complexity index is 1150. The van der Waals surface area contributed by atoms with Crippen molar-refractivity contribution in [3.63, 3.8) is 0 Å².